The number of hydrogen-bond acceptors (Lipinski definition) is 2. The van der Waals surface area contributed by atoms with Gasteiger partial charge in [0.2, 0.25) is 5.91 Å². The molecule has 0 unspecified atom stereocenters. The Kier molecular flexibility index (Phi) is 8.14. The lowest BCUT2D eigenvalue weighted by Crippen LogP contribution is -2.43. The van der Waals surface area contributed by atoms with Crippen LogP contribution < -0.4 is 5.32 Å². The van der Waals surface area contributed by atoms with Crippen LogP contribution >= 0.6 is 11.6 Å². The van der Waals surface area contributed by atoms with Gasteiger partial charge in [0, 0.05) is 24.7 Å². The Morgan fingerprint density at radius 1 is 1.17 bits per heavy atom. The molecular formula is C25H33ClN2O. The van der Waals surface area contributed by atoms with E-state index in [-0.39, 0.29) is 11.8 Å². The summed E-state index contributed by atoms with van der Waals surface area (Å²) in [5, 5.41) is 3.96. The number of nitrogens with one attached hydrogen (secondary N) is 1. The first-order chi connectivity index (χ1) is 14.0. The van der Waals surface area contributed by atoms with Crippen LogP contribution in [0.15, 0.2) is 48.5 Å². The van der Waals surface area contributed by atoms with E-state index < -0.39 is 0 Å². The SMILES string of the molecule is CC(C)c1ccc(CCCNC(=O)[C@H]2CCCN(Cc3ccccc3Cl)C2)cc1. The van der Waals surface area contributed by atoms with Crippen molar-refractivity contribution in [3.63, 3.8) is 0 Å². The number of carbonyl (C=O) groups excluding carboxylic acids is 1. The molecule has 2 aromatic rings. The molecule has 0 spiro atoms. The minimum atomic E-state index is 0.0802. The summed E-state index contributed by atoms with van der Waals surface area (Å²) < 4.78 is 0. The summed E-state index contributed by atoms with van der Waals surface area (Å²) in [6.07, 6.45) is 4.01. The number of halogens is 1. The molecule has 3 rings (SSSR count). The highest BCUT2D eigenvalue weighted by Gasteiger charge is 2.25. The maximum absolute atomic E-state index is 12.6. The van der Waals surface area contributed by atoms with E-state index in [1.54, 1.807) is 0 Å². The second-order valence-electron chi connectivity index (χ2n) is 8.46. The summed E-state index contributed by atoms with van der Waals surface area (Å²) in [5.74, 6) is 0.844. The lowest BCUT2D eigenvalue weighted by atomic mass is 9.96. The van der Waals surface area contributed by atoms with Crippen LogP contribution in [0.2, 0.25) is 5.02 Å². The molecule has 1 aliphatic rings. The average Bonchev–Trinajstić information content (AvgIpc) is 2.73. The fraction of sp³-hybridized carbons (Fsp3) is 0.480. The maximum Gasteiger partial charge on any atom is 0.224 e. The highest BCUT2D eigenvalue weighted by molar-refractivity contribution is 6.31. The van der Waals surface area contributed by atoms with E-state index in [0.29, 0.717) is 5.92 Å². The first-order valence-corrected chi connectivity index (χ1v) is 11.2. The molecule has 1 amide bonds. The lowest BCUT2D eigenvalue weighted by Gasteiger charge is -2.32. The second-order valence-corrected chi connectivity index (χ2v) is 8.86. The van der Waals surface area contributed by atoms with Gasteiger partial charge in [-0.2, -0.15) is 0 Å². The van der Waals surface area contributed by atoms with E-state index in [4.69, 9.17) is 11.6 Å². The molecule has 4 heteroatoms. The van der Waals surface area contributed by atoms with Crippen molar-refractivity contribution in [2.45, 2.75) is 52.0 Å². The van der Waals surface area contributed by atoms with Crippen LogP contribution in [0, 0.1) is 5.92 Å². The Bertz CT molecular complexity index is 788. The second kappa shape index (κ2) is 10.8. The number of amides is 1. The first kappa shape index (κ1) is 21.9. The third-order valence-corrected chi connectivity index (χ3v) is 6.18. The Morgan fingerprint density at radius 3 is 2.66 bits per heavy atom. The van der Waals surface area contributed by atoms with Gasteiger partial charge in [-0.25, -0.2) is 0 Å². The average molecular weight is 413 g/mol. The summed E-state index contributed by atoms with van der Waals surface area (Å²) in [6.45, 7) is 7.83. The van der Waals surface area contributed by atoms with Gasteiger partial charge in [0.15, 0.2) is 0 Å². The van der Waals surface area contributed by atoms with Gasteiger partial charge in [-0.05, 0) is 60.9 Å². The zero-order valence-corrected chi connectivity index (χ0v) is 18.4. The molecule has 1 N–H and O–H groups in total. The third-order valence-electron chi connectivity index (χ3n) is 5.82. The first-order valence-electron chi connectivity index (χ1n) is 10.8. The van der Waals surface area contributed by atoms with Gasteiger partial charge in [0.1, 0.15) is 0 Å². The highest BCUT2D eigenvalue weighted by atomic mass is 35.5. The van der Waals surface area contributed by atoms with E-state index in [0.717, 1.165) is 62.4 Å². The monoisotopic (exact) mass is 412 g/mol. The molecule has 0 aliphatic carbocycles. The summed E-state index contributed by atoms with van der Waals surface area (Å²) >= 11 is 6.30. The number of benzene rings is 2. The molecule has 0 bridgehead atoms. The predicted octanol–water partition coefficient (Wildman–Crippen LogP) is 5.42. The molecule has 2 aromatic carbocycles. The van der Waals surface area contributed by atoms with E-state index >= 15 is 0 Å². The fourth-order valence-corrected chi connectivity index (χ4v) is 4.19. The van der Waals surface area contributed by atoms with Gasteiger partial charge < -0.3 is 5.32 Å². The molecule has 29 heavy (non-hydrogen) atoms. The van der Waals surface area contributed by atoms with Gasteiger partial charge >= 0.3 is 0 Å². The van der Waals surface area contributed by atoms with Gasteiger partial charge in [0.05, 0.1) is 5.92 Å². The number of hydrogen-bond donors (Lipinski definition) is 1. The van der Waals surface area contributed by atoms with Crippen LogP contribution in [0.25, 0.3) is 0 Å². The standard InChI is InChI=1S/C25H33ClN2O/c1-19(2)21-13-11-20(12-14-21)7-5-15-27-25(29)23-9-6-16-28(18-23)17-22-8-3-4-10-24(22)26/h3-4,8,10-14,19,23H,5-7,9,15-18H2,1-2H3,(H,27,29)/t23-/m0/s1. The van der Waals surface area contributed by atoms with Gasteiger partial charge in [-0.3, -0.25) is 9.69 Å². The largest absolute Gasteiger partial charge is 0.356 e. The Labute approximate surface area is 180 Å². The number of nitrogens with zero attached hydrogens (tertiary/aromatic N) is 1. The van der Waals surface area contributed by atoms with Crippen LogP contribution in [0.3, 0.4) is 0 Å². The number of likely N-dealkylation sites (tertiary alicyclic amines) is 1. The van der Waals surface area contributed by atoms with Crippen molar-refractivity contribution in [2.24, 2.45) is 5.92 Å². The number of piperidine rings is 1. The highest BCUT2D eigenvalue weighted by Crippen LogP contribution is 2.22. The number of aryl methyl sites for hydroxylation is 1. The molecule has 1 saturated heterocycles. The van der Waals surface area contributed by atoms with Crippen molar-refractivity contribution in [3.8, 4) is 0 Å². The van der Waals surface area contributed by atoms with E-state index in [1.165, 1.54) is 11.1 Å². The number of rotatable bonds is 8. The van der Waals surface area contributed by atoms with Crippen LogP contribution in [-0.2, 0) is 17.8 Å². The zero-order valence-electron chi connectivity index (χ0n) is 17.7. The van der Waals surface area contributed by atoms with Gasteiger partial charge in [-0.1, -0.05) is 67.9 Å². The minimum Gasteiger partial charge on any atom is -0.356 e. The van der Waals surface area contributed by atoms with E-state index in [1.807, 2.05) is 18.2 Å². The zero-order chi connectivity index (χ0) is 20.6. The third kappa shape index (κ3) is 6.58. The molecule has 1 fully saturated rings. The van der Waals surface area contributed by atoms with Crippen molar-refractivity contribution in [2.75, 3.05) is 19.6 Å². The lowest BCUT2D eigenvalue weighted by molar-refractivity contribution is -0.126. The molecule has 1 aliphatic heterocycles. The molecular weight excluding hydrogens is 380 g/mol. The minimum absolute atomic E-state index is 0.0802. The molecule has 0 radical (unpaired) electrons. The van der Waals surface area contributed by atoms with Crippen LogP contribution in [0.1, 0.15) is 55.7 Å². The normalized spacial score (nSPS) is 17.4. The smallest absolute Gasteiger partial charge is 0.224 e. The van der Waals surface area contributed by atoms with Crippen molar-refractivity contribution in [1.29, 1.82) is 0 Å². The fourth-order valence-electron chi connectivity index (χ4n) is 4.00. The molecule has 156 valence electrons. The number of carbonyl (C=O) groups is 1. The summed E-state index contributed by atoms with van der Waals surface area (Å²) in [4.78, 5) is 15.0. The van der Waals surface area contributed by atoms with Crippen molar-refractivity contribution in [1.82, 2.24) is 10.2 Å². The van der Waals surface area contributed by atoms with Crippen molar-refractivity contribution in [3.05, 3.63) is 70.2 Å². The summed E-state index contributed by atoms with van der Waals surface area (Å²) in [5.41, 5.74) is 3.85. The quantitative estimate of drug-likeness (QED) is 0.586. The Hall–Kier alpha value is -1.84. The molecule has 3 nitrogen and oxygen atoms in total. The predicted molar refractivity (Wildman–Crippen MR) is 121 cm³/mol. The molecule has 1 atom stereocenters. The van der Waals surface area contributed by atoms with Crippen LogP contribution in [0.5, 0.6) is 0 Å². The van der Waals surface area contributed by atoms with Crippen LogP contribution in [-0.4, -0.2) is 30.4 Å². The topological polar surface area (TPSA) is 32.3 Å². The van der Waals surface area contributed by atoms with E-state index in [9.17, 15) is 4.79 Å². The Balaban J connectivity index is 1.40. The van der Waals surface area contributed by atoms with Gasteiger partial charge in [-0.15, -0.1) is 0 Å². The van der Waals surface area contributed by atoms with Crippen molar-refractivity contribution < 1.29 is 4.79 Å². The van der Waals surface area contributed by atoms with Gasteiger partial charge in [0.25, 0.3) is 0 Å². The van der Waals surface area contributed by atoms with Crippen molar-refractivity contribution >= 4 is 17.5 Å². The van der Waals surface area contributed by atoms with Crippen LogP contribution in [0.4, 0.5) is 0 Å². The maximum atomic E-state index is 12.6. The summed E-state index contributed by atoms with van der Waals surface area (Å²) in [6, 6.07) is 16.8. The molecule has 1 heterocycles. The van der Waals surface area contributed by atoms with E-state index in [2.05, 4.69) is 54.4 Å². The molecule has 0 saturated carbocycles. The Morgan fingerprint density at radius 2 is 1.93 bits per heavy atom. The summed E-state index contributed by atoms with van der Waals surface area (Å²) in [7, 11) is 0. The molecule has 0 aromatic heterocycles.